The lowest BCUT2D eigenvalue weighted by Gasteiger charge is -2.20. The molecule has 1 aromatic carbocycles. The summed E-state index contributed by atoms with van der Waals surface area (Å²) in [4.78, 5) is 11.0. The standard InChI is InChI=1S/C12H17NO5/c1-13-6-9(14)10(15)7-4-3-5-8(12(16)17)11(7)18-2/h3-5,9-10,13-15H,6H2,1-2H3,(H,16,17). The second-order valence-electron chi connectivity index (χ2n) is 3.80. The van der Waals surface area contributed by atoms with E-state index in [2.05, 4.69) is 5.32 Å². The lowest BCUT2D eigenvalue weighted by Crippen LogP contribution is -2.30. The fourth-order valence-electron chi connectivity index (χ4n) is 1.71. The molecule has 100 valence electrons. The molecule has 18 heavy (non-hydrogen) atoms. The van der Waals surface area contributed by atoms with Crippen molar-refractivity contribution in [3.8, 4) is 5.75 Å². The van der Waals surface area contributed by atoms with Gasteiger partial charge in [-0.05, 0) is 13.1 Å². The number of rotatable bonds is 6. The minimum absolute atomic E-state index is 0.0503. The summed E-state index contributed by atoms with van der Waals surface area (Å²) in [6, 6.07) is 4.40. The summed E-state index contributed by atoms with van der Waals surface area (Å²) in [5, 5.41) is 31.4. The molecule has 0 fully saturated rings. The van der Waals surface area contributed by atoms with Crippen molar-refractivity contribution in [2.45, 2.75) is 12.2 Å². The van der Waals surface area contributed by atoms with Crippen molar-refractivity contribution in [2.75, 3.05) is 20.7 Å². The number of benzene rings is 1. The first-order chi connectivity index (χ1) is 8.52. The van der Waals surface area contributed by atoms with E-state index in [4.69, 9.17) is 9.84 Å². The van der Waals surface area contributed by atoms with E-state index in [0.717, 1.165) is 0 Å². The largest absolute Gasteiger partial charge is 0.495 e. The Morgan fingerprint density at radius 3 is 2.61 bits per heavy atom. The first-order valence-electron chi connectivity index (χ1n) is 5.43. The van der Waals surface area contributed by atoms with Crippen molar-refractivity contribution in [3.05, 3.63) is 29.3 Å². The Kier molecular flexibility index (Phi) is 5.08. The summed E-state index contributed by atoms with van der Waals surface area (Å²) in [6.07, 6.45) is -2.26. The van der Waals surface area contributed by atoms with Gasteiger partial charge in [-0.3, -0.25) is 0 Å². The maximum atomic E-state index is 11.0. The predicted octanol–water partition coefficient (Wildman–Crippen LogP) is 0.00710. The summed E-state index contributed by atoms with van der Waals surface area (Å²) in [5.41, 5.74) is 0.200. The molecule has 0 aliphatic heterocycles. The van der Waals surface area contributed by atoms with Crippen LogP contribution in [0.5, 0.6) is 5.75 Å². The van der Waals surface area contributed by atoms with E-state index in [9.17, 15) is 15.0 Å². The van der Waals surface area contributed by atoms with E-state index in [1.54, 1.807) is 7.05 Å². The van der Waals surface area contributed by atoms with Gasteiger partial charge in [-0.1, -0.05) is 12.1 Å². The number of carboxylic acids is 1. The number of carbonyl (C=O) groups is 1. The van der Waals surface area contributed by atoms with Crippen molar-refractivity contribution in [1.29, 1.82) is 0 Å². The first kappa shape index (κ1) is 14.4. The average Bonchev–Trinajstić information content (AvgIpc) is 2.36. The van der Waals surface area contributed by atoms with Crippen LogP contribution in [-0.2, 0) is 0 Å². The molecule has 0 amide bonds. The topological polar surface area (TPSA) is 99.0 Å². The van der Waals surface area contributed by atoms with Gasteiger partial charge in [-0.2, -0.15) is 0 Å². The number of carboxylic acid groups (broad SMARTS) is 1. The van der Waals surface area contributed by atoms with E-state index in [0.29, 0.717) is 0 Å². The van der Waals surface area contributed by atoms with Gasteiger partial charge in [-0.25, -0.2) is 4.79 Å². The maximum Gasteiger partial charge on any atom is 0.339 e. The second kappa shape index (κ2) is 6.34. The van der Waals surface area contributed by atoms with Crippen molar-refractivity contribution >= 4 is 5.97 Å². The summed E-state index contributed by atoms with van der Waals surface area (Å²) < 4.78 is 5.01. The zero-order chi connectivity index (χ0) is 13.7. The molecular formula is C12H17NO5. The normalized spacial score (nSPS) is 14.0. The molecule has 2 unspecified atom stereocenters. The van der Waals surface area contributed by atoms with E-state index >= 15 is 0 Å². The molecule has 4 N–H and O–H groups in total. The number of para-hydroxylation sites is 1. The molecule has 0 saturated heterocycles. The van der Waals surface area contributed by atoms with Crippen LogP contribution < -0.4 is 10.1 Å². The predicted molar refractivity (Wildman–Crippen MR) is 64.8 cm³/mol. The highest BCUT2D eigenvalue weighted by atomic mass is 16.5. The van der Waals surface area contributed by atoms with Crippen molar-refractivity contribution < 1.29 is 24.9 Å². The Morgan fingerprint density at radius 2 is 2.11 bits per heavy atom. The molecule has 6 heteroatoms. The Balaban J connectivity index is 3.15. The maximum absolute atomic E-state index is 11.0. The fourth-order valence-corrected chi connectivity index (χ4v) is 1.71. The molecule has 0 aromatic heterocycles. The Morgan fingerprint density at radius 1 is 1.44 bits per heavy atom. The highest BCUT2D eigenvalue weighted by molar-refractivity contribution is 5.91. The van der Waals surface area contributed by atoms with Gasteiger partial charge in [0.25, 0.3) is 0 Å². The number of methoxy groups -OCH3 is 1. The van der Waals surface area contributed by atoms with E-state index < -0.39 is 18.2 Å². The van der Waals surface area contributed by atoms with E-state index in [-0.39, 0.29) is 23.4 Å². The van der Waals surface area contributed by atoms with Crippen LogP contribution in [0, 0.1) is 0 Å². The van der Waals surface area contributed by atoms with Crippen molar-refractivity contribution in [3.63, 3.8) is 0 Å². The Hall–Kier alpha value is -1.63. The number of aliphatic hydroxyl groups excluding tert-OH is 2. The number of ether oxygens (including phenoxy) is 1. The highest BCUT2D eigenvalue weighted by Crippen LogP contribution is 2.30. The van der Waals surface area contributed by atoms with Crippen LogP contribution in [0.1, 0.15) is 22.0 Å². The monoisotopic (exact) mass is 255 g/mol. The highest BCUT2D eigenvalue weighted by Gasteiger charge is 2.24. The molecule has 0 aliphatic carbocycles. The van der Waals surface area contributed by atoms with Gasteiger partial charge in [0.15, 0.2) is 0 Å². The number of nitrogens with one attached hydrogen (secondary N) is 1. The third kappa shape index (κ3) is 2.98. The van der Waals surface area contributed by atoms with Crippen LogP contribution in [-0.4, -0.2) is 48.1 Å². The van der Waals surface area contributed by atoms with Gasteiger partial charge in [-0.15, -0.1) is 0 Å². The van der Waals surface area contributed by atoms with E-state index in [1.165, 1.54) is 25.3 Å². The van der Waals surface area contributed by atoms with Crippen LogP contribution in [0.4, 0.5) is 0 Å². The fraction of sp³-hybridized carbons (Fsp3) is 0.417. The van der Waals surface area contributed by atoms with Gasteiger partial charge in [0, 0.05) is 12.1 Å². The van der Waals surface area contributed by atoms with Crippen LogP contribution in [0.3, 0.4) is 0 Å². The zero-order valence-corrected chi connectivity index (χ0v) is 10.3. The van der Waals surface area contributed by atoms with E-state index in [1.807, 2.05) is 0 Å². The number of hydrogen-bond acceptors (Lipinski definition) is 5. The molecule has 0 radical (unpaired) electrons. The molecule has 0 aliphatic rings. The molecule has 1 rings (SSSR count). The lowest BCUT2D eigenvalue weighted by molar-refractivity contribution is 0.0187. The molecule has 2 atom stereocenters. The van der Waals surface area contributed by atoms with Crippen LogP contribution in [0.15, 0.2) is 18.2 Å². The van der Waals surface area contributed by atoms with Gasteiger partial charge < -0.3 is 25.4 Å². The molecule has 0 spiro atoms. The van der Waals surface area contributed by atoms with Gasteiger partial charge >= 0.3 is 5.97 Å². The smallest absolute Gasteiger partial charge is 0.339 e. The summed E-state index contributed by atoms with van der Waals surface area (Å²) >= 11 is 0. The van der Waals surface area contributed by atoms with Crippen molar-refractivity contribution in [1.82, 2.24) is 5.32 Å². The lowest BCUT2D eigenvalue weighted by atomic mass is 10.00. The minimum atomic E-state index is -1.22. The second-order valence-corrected chi connectivity index (χ2v) is 3.80. The number of hydrogen-bond donors (Lipinski definition) is 4. The SMILES string of the molecule is CNCC(O)C(O)c1cccc(C(=O)O)c1OC. The van der Waals surface area contributed by atoms with Gasteiger partial charge in [0.05, 0.1) is 13.2 Å². The molecule has 0 saturated carbocycles. The molecule has 1 aromatic rings. The third-order valence-electron chi connectivity index (χ3n) is 2.58. The average molecular weight is 255 g/mol. The van der Waals surface area contributed by atoms with Crippen LogP contribution in [0.25, 0.3) is 0 Å². The van der Waals surface area contributed by atoms with Gasteiger partial charge in [0.2, 0.25) is 0 Å². The summed E-state index contributed by atoms with van der Waals surface area (Å²) in [5.74, 6) is -1.09. The third-order valence-corrected chi connectivity index (χ3v) is 2.58. The van der Waals surface area contributed by atoms with Crippen LogP contribution >= 0.6 is 0 Å². The molecule has 6 nitrogen and oxygen atoms in total. The number of likely N-dealkylation sites (N-methyl/N-ethyl adjacent to an activating group) is 1. The summed E-state index contributed by atoms with van der Waals surface area (Å²) in [6.45, 7) is 0.182. The molecule has 0 bridgehead atoms. The number of aromatic carboxylic acids is 1. The molecular weight excluding hydrogens is 238 g/mol. The Labute approximate surface area is 105 Å². The quantitative estimate of drug-likeness (QED) is 0.571. The van der Waals surface area contributed by atoms with Crippen LogP contribution in [0.2, 0.25) is 0 Å². The zero-order valence-electron chi connectivity index (χ0n) is 10.3. The number of aliphatic hydroxyl groups is 2. The molecule has 0 heterocycles. The van der Waals surface area contributed by atoms with Crippen molar-refractivity contribution in [2.24, 2.45) is 0 Å². The Bertz CT molecular complexity index is 421. The minimum Gasteiger partial charge on any atom is -0.495 e. The van der Waals surface area contributed by atoms with Gasteiger partial charge in [0.1, 0.15) is 17.4 Å². The summed E-state index contributed by atoms with van der Waals surface area (Å²) in [7, 11) is 2.96. The first-order valence-corrected chi connectivity index (χ1v) is 5.43.